The minimum atomic E-state index is -0.648. The number of nitrogens with zero attached hydrogens (tertiary/aromatic N) is 5. The maximum atomic E-state index is 14.5. The number of methoxy groups -OCH3 is 1. The van der Waals surface area contributed by atoms with Crippen LogP contribution >= 0.6 is 0 Å². The molecule has 11 heteroatoms. The van der Waals surface area contributed by atoms with Crippen molar-refractivity contribution in [1.29, 1.82) is 0 Å². The molecular formula is C31H46N6O5. The Kier molecular flexibility index (Phi) is 8.78. The second-order valence-electron chi connectivity index (χ2n) is 13.6. The molecule has 0 bridgehead atoms. The fraction of sp³-hybridized carbons (Fsp3) is 0.710. The highest BCUT2D eigenvalue weighted by Gasteiger charge is 2.41. The molecule has 11 nitrogen and oxygen atoms in total. The van der Waals surface area contributed by atoms with Gasteiger partial charge in [-0.1, -0.05) is 13.8 Å². The number of piperidine rings is 1. The third kappa shape index (κ3) is 7.22. The zero-order chi connectivity index (χ0) is 30.2. The molecule has 2 aromatic rings. The van der Waals surface area contributed by atoms with Gasteiger partial charge in [-0.15, -0.1) is 10.2 Å². The van der Waals surface area contributed by atoms with Gasteiger partial charge in [-0.05, 0) is 76.3 Å². The van der Waals surface area contributed by atoms with Crippen LogP contribution in [-0.4, -0.2) is 87.5 Å². The summed E-state index contributed by atoms with van der Waals surface area (Å²) in [6, 6.07) is 2.06. The molecule has 3 aliphatic rings. The van der Waals surface area contributed by atoms with E-state index in [1.165, 1.54) is 5.56 Å². The molecule has 3 fully saturated rings. The average Bonchev–Trinajstić information content (AvgIpc) is 3.67. The van der Waals surface area contributed by atoms with E-state index in [2.05, 4.69) is 35.4 Å². The Labute approximate surface area is 248 Å². The lowest BCUT2D eigenvalue weighted by atomic mass is 9.89. The first kappa shape index (κ1) is 30.3. The highest BCUT2D eigenvalue weighted by Crippen LogP contribution is 2.41. The molecular weight excluding hydrogens is 536 g/mol. The van der Waals surface area contributed by atoms with Gasteiger partial charge in [0.1, 0.15) is 5.60 Å². The van der Waals surface area contributed by atoms with E-state index in [0.29, 0.717) is 49.4 Å². The summed E-state index contributed by atoms with van der Waals surface area (Å²) < 4.78 is 17.0. The van der Waals surface area contributed by atoms with Gasteiger partial charge in [-0.2, -0.15) is 0 Å². The largest absolute Gasteiger partial charge is 0.444 e. The van der Waals surface area contributed by atoms with E-state index >= 15 is 0 Å². The molecule has 0 aromatic carbocycles. The molecule has 0 spiro atoms. The second kappa shape index (κ2) is 12.2. The molecule has 1 aliphatic heterocycles. The minimum Gasteiger partial charge on any atom is -0.444 e. The van der Waals surface area contributed by atoms with Crippen LogP contribution in [0.5, 0.6) is 0 Å². The van der Waals surface area contributed by atoms with E-state index in [4.69, 9.17) is 18.9 Å². The molecule has 2 atom stereocenters. The number of ether oxygens (including phenoxy) is 2. The van der Waals surface area contributed by atoms with Crippen molar-refractivity contribution in [2.45, 2.75) is 109 Å². The summed E-state index contributed by atoms with van der Waals surface area (Å²) in [5.41, 5.74) is 1.72. The summed E-state index contributed by atoms with van der Waals surface area (Å²) in [5, 5.41) is 11.9. The zero-order valence-electron chi connectivity index (χ0n) is 26.1. The molecule has 1 saturated heterocycles. The lowest BCUT2D eigenvalue weighted by Gasteiger charge is -2.42. The number of carbonyl (C=O) groups is 2. The smallest absolute Gasteiger partial charge is 0.410 e. The number of hydrogen-bond acceptors (Lipinski definition) is 9. The fourth-order valence-electron chi connectivity index (χ4n) is 5.85. The van der Waals surface area contributed by atoms with Crippen molar-refractivity contribution in [2.24, 2.45) is 5.92 Å². The Morgan fingerprint density at radius 2 is 1.88 bits per heavy atom. The van der Waals surface area contributed by atoms with Crippen LogP contribution in [0.1, 0.15) is 106 Å². The first-order valence-corrected chi connectivity index (χ1v) is 15.3. The highest BCUT2D eigenvalue weighted by molar-refractivity contribution is 5.98. The number of aromatic nitrogens is 3. The lowest BCUT2D eigenvalue weighted by molar-refractivity contribution is 0.00504. The van der Waals surface area contributed by atoms with Gasteiger partial charge in [0.2, 0.25) is 11.8 Å². The van der Waals surface area contributed by atoms with Crippen molar-refractivity contribution in [3.63, 3.8) is 0 Å². The molecule has 0 radical (unpaired) electrons. The average molecular weight is 583 g/mol. The van der Waals surface area contributed by atoms with E-state index in [9.17, 15) is 9.59 Å². The van der Waals surface area contributed by atoms with E-state index in [1.807, 2.05) is 31.9 Å². The highest BCUT2D eigenvalue weighted by atomic mass is 16.6. The fourth-order valence-corrected chi connectivity index (χ4v) is 5.85. The number of carbonyl (C=O) groups excluding carboxylic acids is 2. The molecule has 3 heterocycles. The summed E-state index contributed by atoms with van der Waals surface area (Å²) in [6.07, 6.45) is 6.37. The van der Waals surface area contributed by atoms with E-state index in [0.717, 1.165) is 31.4 Å². The van der Waals surface area contributed by atoms with Gasteiger partial charge in [0.15, 0.2) is 5.69 Å². The van der Waals surface area contributed by atoms with Crippen LogP contribution in [-0.2, 0) is 9.47 Å². The van der Waals surface area contributed by atoms with E-state index in [1.54, 1.807) is 18.9 Å². The normalized spacial score (nSPS) is 24.3. The predicted octanol–water partition coefficient (Wildman–Crippen LogP) is 5.13. The molecule has 2 aliphatic carbocycles. The van der Waals surface area contributed by atoms with Crippen LogP contribution in [0.25, 0.3) is 0 Å². The summed E-state index contributed by atoms with van der Waals surface area (Å²) in [5.74, 6) is 1.27. The third-order valence-corrected chi connectivity index (χ3v) is 8.18. The molecule has 1 unspecified atom stereocenters. The van der Waals surface area contributed by atoms with Crippen LogP contribution in [0.4, 0.5) is 10.5 Å². The maximum absolute atomic E-state index is 14.5. The van der Waals surface area contributed by atoms with Crippen LogP contribution in [0, 0.1) is 12.8 Å². The Balaban J connectivity index is 1.45. The van der Waals surface area contributed by atoms with Crippen LogP contribution in [0.2, 0.25) is 0 Å². The van der Waals surface area contributed by atoms with E-state index in [-0.39, 0.29) is 35.9 Å². The van der Waals surface area contributed by atoms with Crippen molar-refractivity contribution in [2.75, 3.05) is 32.1 Å². The molecule has 2 aromatic heterocycles. The van der Waals surface area contributed by atoms with Crippen molar-refractivity contribution >= 4 is 17.7 Å². The van der Waals surface area contributed by atoms with Crippen molar-refractivity contribution in [3.05, 3.63) is 35.3 Å². The third-order valence-electron chi connectivity index (χ3n) is 8.18. The Morgan fingerprint density at radius 3 is 2.48 bits per heavy atom. The van der Waals surface area contributed by atoms with Crippen LogP contribution in [0.3, 0.4) is 0 Å². The summed E-state index contributed by atoms with van der Waals surface area (Å²) >= 11 is 0. The number of amides is 2. The van der Waals surface area contributed by atoms with Gasteiger partial charge < -0.3 is 29.0 Å². The van der Waals surface area contributed by atoms with Gasteiger partial charge >= 0.3 is 6.09 Å². The van der Waals surface area contributed by atoms with Crippen LogP contribution < -0.4 is 5.32 Å². The van der Waals surface area contributed by atoms with Gasteiger partial charge in [-0.25, -0.2) is 9.78 Å². The Hall–Kier alpha value is -3.21. The van der Waals surface area contributed by atoms with Crippen molar-refractivity contribution < 1.29 is 23.5 Å². The zero-order valence-corrected chi connectivity index (χ0v) is 26.1. The van der Waals surface area contributed by atoms with Crippen molar-refractivity contribution in [1.82, 2.24) is 25.0 Å². The monoisotopic (exact) mass is 582 g/mol. The Morgan fingerprint density at radius 1 is 1.14 bits per heavy atom. The molecule has 5 rings (SSSR count). The van der Waals surface area contributed by atoms with E-state index < -0.39 is 11.7 Å². The van der Waals surface area contributed by atoms with Gasteiger partial charge in [0, 0.05) is 45.9 Å². The standard InChI is InChI=1S/C31H46N6O5/c1-18(2)15-37(24-10-22(28-35-34-19(3)41-28)16-36(17-24)30(39)42-31(4,5)6)29(38)27-26(33-23-12-25(13-23)40-7)11-21(14-32-27)20-8-9-20/h11,14,18,20,22-25,33H,8-10,12-13,15-17H2,1-7H3/t22-,23?,24?,25?/m1/s1. The number of aryl methyl sites for hydroxylation is 1. The molecule has 2 amide bonds. The molecule has 2 saturated carbocycles. The minimum absolute atomic E-state index is 0.146. The van der Waals surface area contributed by atoms with Crippen LogP contribution in [0.15, 0.2) is 16.7 Å². The summed E-state index contributed by atoms with van der Waals surface area (Å²) in [4.78, 5) is 36.1. The summed E-state index contributed by atoms with van der Waals surface area (Å²) in [7, 11) is 1.74. The number of pyridine rings is 1. The Bertz CT molecular complexity index is 1260. The number of hydrogen-bond donors (Lipinski definition) is 1. The topological polar surface area (TPSA) is 123 Å². The number of rotatable bonds is 9. The predicted molar refractivity (Wildman–Crippen MR) is 158 cm³/mol. The van der Waals surface area contributed by atoms with Gasteiger partial charge in [0.25, 0.3) is 5.91 Å². The maximum Gasteiger partial charge on any atom is 0.410 e. The number of anilines is 1. The van der Waals surface area contributed by atoms with Gasteiger partial charge in [-0.3, -0.25) is 4.79 Å². The second-order valence-corrected chi connectivity index (χ2v) is 13.6. The SMILES string of the molecule is COC1CC(Nc2cc(C3CC3)cnc2C(=O)N(CC(C)C)C2C[C@@H](c3nnc(C)o3)CN(C(=O)OC(C)(C)C)C2)C1. The lowest BCUT2D eigenvalue weighted by Crippen LogP contribution is -2.55. The molecule has 42 heavy (non-hydrogen) atoms. The van der Waals surface area contributed by atoms with Gasteiger partial charge in [0.05, 0.1) is 23.8 Å². The number of nitrogens with one attached hydrogen (secondary N) is 1. The number of likely N-dealkylation sites (tertiary alicyclic amines) is 1. The molecule has 1 N–H and O–H groups in total. The first-order chi connectivity index (χ1) is 19.9. The van der Waals surface area contributed by atoms with Crippen molar-refractivity contribution in [3.8, 4) is 0 Å². The summed E-state index contributed by atoms with van der Waals surface area (Å²) in [6.45, 7) is 12.7. The molecule has 230 valence electrons. The first-order valence-electron chi connectivity index (χ1n) is 15.3. The quantitative estimate of drug-likeness (QED) is 0.429.